The van der Waals surface area contributed by atoms with Crippen LogP contribution in [-0.2, 0) is 11.3 Å². The number of hydrogen-bond donors (Lipinski definition) is 3. The molecule has 0 bridgehead atoms. The van der Waals surface area contributed by atoms with E-state index in [1.807, 2.05) is 19.1 Å². The number of anilines is 1. The van der Waals surface area contributed by atoms with Crippen LogP contribution in [0.3, 0.4) is 0 Å². The number of hydrogen-bond acceptors (Lipinski definition) is 3. The molecule has 1 atom stereocenters. The molecule has 0 saturated heterocycles. The Morgan fingerprint density at radius 1 is 1.17 bits per heavy atom. The van der Waals surface area contributed by atoms with Crippen LogP contribution in [0.1, 0.15) is 24.2 Å². The quantitative estimate of drug-likeness (QED) is 0.729. The van der Waals surface area contributed by atoms with Crippen LogP contribution >= 0.6 is 0 Å². The number of urea groups is 1. The van der Waals surface area contributed by atoms with Gasteiger partial charge in [0.1, 0.15) is 5.82 Å². The van der Waals surface area contributed by atoms with E-state index in [9.17, 15) is 14.3 Å². The van der Waals surface area contributed by atoms with Crippen molar-refractivity contribution in [2.75, 3.05) is 18.5 Å². The van der Waals surface area contributed by atoms with E-state index in [2.05, 4.69) is 10.6 Å². The number of rotatable bonds is 7. The van der Waals surface area contributed by atoms with E-state index in [4.69, 9.17) is 4.74 Å². The van der Waals surface area contributed by atoms with Gasteiger partial charge in [-0.1, -0.05) is 24.3 Å². The number of nitrogens with one attached hydrogen (secondary N) is 2. The largest absolute Gasteiger partial charge is 0.387 e. The number of halogens is 1. The van der Waals surface area contributed by atoms with Gasteiger partial charge in [-0.2, -0.15) is 0 Å². The van der Waals surface area contributed by atoms with E-state index >= 15 is 0 Å². The lowest BCUT2D eigenvalue weighted by atomic mass is 10.1. The number of carbonyl (C=O) groups is 1. The Bertz CT molecular complexity index is 644. The van der Waals surface area contributed by atoms with Crippen molar-refractivity contribution >= 4 is 11.7 Å². The summed E-state index contributed by atoms with van der Waals surface area (Å²) in [5.41, 5.74) is 2.20. The molecule has 0 aliphatic carbocycles. The number of amides is 2. The van der Waals surface area contributed by atoms with Gasteiger partial charge in [0.15, 0.2) is 0 Å². The molecule has 128 valence electrons. The van der Waals surface area contributed by atoms with Crippen molar-refractivity contribution in [1.29, 1.82) is 0 Å². The highest BCUT2D eigenvalue weighted by Crippen LogP contribution is 2.13. The first-order valence-corrected chi connectivity index (χ1v) is 7.73. The fourth-order valence-electron chi connectivity index (χ4n) is 2.07. The summed E-state index contributed by atoms with van der Waals surface area (Å²) in [6, 6.07) is 12.4. The first-order chi connectivity index (χ1) is 11.6. The normalized spacial score (nSPS) is 11.8. The van der Waals surface area contributed by atoms with Gasteiger partial charge in [0.25, 0.3) is 0 Å². The molecule has 0 aliphatic rings. The van der Waals surface area contributed by atoms with Crippen LogP contribution in [0.2, 0.25) is 0 Å². The maximum absolute atomic E-state index is 12.8. The Balaban J connectivity index is 1.79. The highest BCUT2D eigenvalue weighted by molar-refractivity contribution is 5.89. The smallest absolute Gasteiger partial charge is 0.319 e. The first kappa shape index (κ1) is 17.9. The zero-order valence-corrected chi connectivity index (χ0v) is 13.5. The van der Waals surface area contributed by atoms with Gasteiger partial charge in [-0.05, 0) is 42.3 Å². The summed E-state index contributed by atoms with van der Waals surface area (Å²) in [4.78, 5) is 11.8. The summed E-state index contributed by atoms with van der Waals surface area (Å²) in [5.74, 6) is -0.371. The Hall–Kier alpha value is -2.44. The van der Waals surface area contributed by atoms with Crippen LogP contribution < -0.4 is 10.6 Å². The summed E-state index contributed by atoms with van der Waals surface area (Å²) in [7, 11) is 0. The number of aliphatic hydroxyl groups is 1. The van der Waals surface area contributed by atoms with Gasteiger partial charge >= 0.3 is 6.03 Å². The molecule has 0 aromatic heterocycles. The van der Waals surface area contributed by atoms with Crippen LogP contribution in [0.4, 0.5) is 14.9 Å². The molecule has 0 radical (unpaired) electrons. The molecule has 0 heterocycles. The van der Waals surface area contributed by atoms with Crippen molar-refractivity contribution in [1.82, 2.24) is 5.32 Å². The van der Waals surface area contributed by atoms with Crippen molar-refractivity contribution in [3.63, 3.8) is 0 Å². The average molecular weight is 332 g/mol. The lowest BCUT2D eigenvalue weighted by Crippen LogP contribution is -2.32. The standard InChI is InChI=1S/C18H21FN2O3/c1-2-24-12-13-3-9-16(10-4-13)21-18(23)20-11-17(22)14-5-7-15(19)8-6-14/h3-10,17,22H,2,11-12H2,1H3,(H2,20,21,23). The van der Waals surface area contributed by atoms with E-state index in [-0.39, 0.29) is 12.4 Å². The zero-order chi connectivity index (χ0) is 17.4. The minimum absolute atomic E-state index is 0.0277. The zero-order valence-electron chi connectivity index (χ0n) is 13.5. The number of benzene rings is 2. The van der Waals surface area contributed by atoms with Gasteiger partial charge in [-0.15, -0.1) is 0 Å². The van der Waals surface area contributed by atoms with Crippen LogP contribution in [0.5, 0.6) is 0 Å². The summed E-state index contributed by atoms with van der Waals surface area (Å²) in [6.45, 7) is 3.14. The molecule has 2 rings (SSSR count). The minimum Gasteiger partial charge on any atom is -0.387 e. The number of aliphatic hydroxyl groups excluding tert-OH is 1. The van der Waals surface area contributed by atoms with Crippen LogP contribution in [0, 0.1) is 5.82 Å². The first-order valence-electron chi connectivity index (χ1n) is 7.73. The summed E-state index contributed by atoms with van der Waals surface area (Å²) in [6.07, 6.45) is -0.898. The van der Waals surface area contributed by atoms with Crippen molar-refractivity contribution < 1.29 is 19.0 Å². The van der Waals surface area contributed by atoms with E-state index in [0.717, 1.165) is 5.56 Å². The molecular weight excluding hydrogens is 311 g/mol. The summed E-state index contributed by atoms with van der Waals surface area (Å²) >= 11 is 0. The highest BCUT2D eigenvalue weighted by Gasteiger charge is 2.09. The second-order valence-electron chi connectivity index (χ2n) is 5.24. The van der Waals surface area contributed by atoms with Crippen molar-refractivity contribution in [3.05, 3.63) is 65.5 Å². The minimum atomic E-state index is -0.898. The van der Waals surface area contributed by atoms with Crippen LogP contribution in [-0.4, -0.2) is 24.3 Å². The van der Waals surface area contributed by atoms with E-state index in [1.165, 1.54) is 24.3 Å². The van der Waals surface area contributed by atoms with Crippen LogP contribution in [0.15, 0.2) is 48.5 Å². The predicted octanol–water partition coefficient (Wildman–Crippen LogP) is 3.22. The second-order valence-corrected chi connectivity index (χ2v) is 5.24. The lowest BCUT2D eigenvalue weighted by Gasteiger charge is -2.13. The average Bonchev–Trinajstić information content (AvgIpc) is 2.59. The maximum Gasteiger partial charge on any atom is 0.319 e. The van der Waals surface area contributed by atoms with Crippen molar-refractivity contribution in [2.45, 2.75) is 19.6 Å². The molecule has 0 saturated carbocycles. The SMILES string of the molecule is CCOCc1ccc(NC(=O)NCC(O)c2ccc(F)cc2)cc1. The molecule has 0 spiro atoms. The molecule has 0 aliphatic heterocycles. The molecule has 6 heteroatoms. The second kappa shape index (κ2) is 9.00. The van der Waals surface area contributed by atoms with Gasteiger partial charge in [0.05, 0.1) is 12.7 Å². The van der Waals surface area contributed by atoms with E-state index in [0.29, 0.717) is 24.5 Å². The van der Waals surface area contributed by atoms with Gasteiger partial charge < -0.3 is 20.5 Å². The number of carbonyl (C=O) groups excluding carboxylic acids is 1. The highest BCUT2D eigenvalue weighted by atomic mass is 19.1. The summed E-state index contributed by atoms with van der Waals surface area (Å²) in [5, 5.41) is 15.2. The monoisotopic (exact) mass is 332 g/mol. The molecule has 5 nitrogen and oxygen atoms in total. The fraction of sp³-hybridized carbons (Fsp3) is 0.278. The summed E-state index contributed by atoms with van der Waals surface area (Å²) < 4.78 is 18.1. The Labute approximate surface area is 140 Å². The Kier molecular flexibility index (Phi) is 6.72. The van der Waals surface area contributed by atoms with E-state index in [1.54, 1.807) is 12.1 Å². The topological polar surface area (TPSA) is 70.6 Å². The van der Waals surface area contributed by atoms with Gasteiger partial charge in [-0.3, -0.25) is 0 Å². The fourth-order valence-corrected chi connectivity index (χ4v) is 2.07. The third kappa shape index (κ3) is 5.64. The van der Waals surface area contributed by atoms with E-state index < -0.39 is 12.1 Å². The van der Waals surface area contributed by atoms with Crippen LogP contribution in [0.25, 0.3) is 0 Å². The Morgan fingerprint density at radius 3 is 2.46 bits per heavy atom. The molecule has 2 aromatic rings. The van der Waals surface area contributed by atoms with Gasteiger partial charge in [-0.25, -0.2) is 9.18 Å². The van der Waals surface area contributed by atoms with Crippen molar-refractivity contribution in [2.24, 2.45) is 0 Å². The Morgan fingerprint density at radius 2 is 1.83 bits per heavy atom. The molecule has 2 aromatic carbocycles. The molecule has 24 heavy (non-hydrogen) atoms. The van der Waals surface area contributed by atoms with Crippen molar-refractivity contribution in [3.8, 4) is 0 Å². The predicted molar refractivity (Wildman–Crippen MR) is 90.2 cm³/mol. The number of ether oxygens (including phenoxy) is 1. The molecule has 2 amide bonds. The van der Waals surface area contributed by atoms with Gasteiger partial charge in [0, 0.05) is 18.8 Å². The molecule has 0 fully saturated rings. The van der Waals surface area contributed by atoms with Gasteiger partial charge in [0.2, 0.25) is 0 Å². The third-order valence-electron chi connectivity index (χ3n) is 3.40. The molecule has 3 N–H and O–H groups in total. The third-order valence-corrected chi connectivity index (χ3v) is 3.40. The maximum atomic E-state index is 12.8. The molecule has 1 unspecified atom stereocenters. The lowest BCUT2D eigenvalue weighted by molar-refractivity contribution is 0.134. The molecular formula is C18H21FN2O3.